The number of nitrogens with two attached hydrogens (primary N) is 1. The third-order valence-corrected chi connectivity index (χ3v) is 5.73. The zero-order valence-corrected chi connectivity index (χ0v) is 21.5. The number of halogens is 4. The number of nitrogens with one attached hydrogen (secondary N) is 1. The topological polar surface area (TPSA) is 132 Å². The second-order valence-electron chi connectivity index (χ2n) is 5.98. The van der Waals surface area contributed by atoms with Crippen molar-refractivity contribution in [1.82, 2.24) is 19.8 Å². The Morgan fingerprint density at radius 3 is 2.59 bits per heavy atom. The van der Waals surface area contributed by atoms with Crippen LogP contribution in [-0.2, 0) is 4.74 Å². The average molecular weight is 651 g/mol. The number of rotatable bonds is 4. The number of hydrogen-bond donors (Lipinski definition) is 2. The molecule has 14 heteroatoms. The number of nitrogens with zero attached hydrogens (tertiary/aromatic N) is 4. The number of ether oxygens (including phenoxy) is 1. The molecule has 32 heavy (non-hydrogen) atoms. The number of pyridine rings is 1. The van der Waals surface area contributed by atoms with Crippen LogP contribution in [0.15, 0.2) is 50.1 Å². The zero-order chi connectivity index (χ0) is 23.6. The van der Waals surface area contributed by atoms with Crippen molar-refractivity contribution in [2.24, 2.45) is 5.84 Å². The van der Waals surface area contributed by atoms with E-state index in [9.17, 15) is 14.4 Å². The summed E-state index contributed by atoms with van der Waals surface area (Å²) in [6, 6.07) is 7.70. The van der Waals surface area contributed by atoms with Gasteiger partial charge in [0.25, 0.3) is 11.8 Å². The normalized spacial score (nSPS) is 10.6. The number of benzene rings is 1. The maximum absolute atomic E-state index is 13.2. The number of hydrogen-bond acceptors (Lipinski definition) is 7. The Labute approximate surface area is 211 Å². The quantitative estimate of drug-likeness (QED) is 0.241. The summed E-state index contributed by atoms with van der Waals surface area (Å²) in [4.78, 5) is 41.8. The lowest BCUT2D eigenvalue weighted by atomic mass is 10.1. The molecule has 3 amide bonds. The highest BCUT2D eigenvalue weighted by atomic mass is 79.9. The molecule has 3 N–H and O–H groups in total. The maximum atomic E-state index is 13.2. The van der Waals surface area contributed by atoms with E-state index >= 15 is 0 Å². The predicted molar refractivity (Wildman–Crippen MR) is 127 cm³/mol. The minimum Gasteiger partial charge on any atom is -0.451 e. The lowest BCUT2D eigenvalue weighted by Gasteiger charge is -2.18. The van der Waals surface area contributed by atoms with Crippen LogP contribution >= 0.6 is 59.4 Å². The van der Waals surface area contributed by atoms with Crippen molar-refractivity contribution in [2.75, 3.05) is 12.4 Å². The monoisotopic (exact) mass is 648 g/mol. The SMILES string of the molecule is COC(=O)N(N)C(=O)c1cc(Br)cc(Br)c1NC(=O)c1cc(Br)nn1-c1ncccc1Cl. The number of aromatic nitrogens is 3. The number of anilines is 1. The van der Waals surface area contributed by atoms with Gasteiger partial charge in [0.15, 0.2) is 5.82 Å². The van der Waals surface area contributed by atoms with Crippen LogP contribution in [0.1, 0.15) is 20.8 Å². The molecule has 166 valence electrons. The van der Waals surface area contributed by atoms with E-state index in [0.717, 1.165) is 7.11 Å². The van der Waals surface area contributed by atoms with Gasteiger partial charge in [0.2, 0.25) is 0 Å². The molecule has 0 spiro atoms. The minimum atomic E-state index is -1.07. The highest BCUT2D eigenvalue weighted by Crippen LogP contribution is 2.32. The molecule has 0 radical (unpaired) electrons. The van der Waals surface area contributed by atoms with E-state index in [4.69, 9.17) is 17.4 Å². The third kappa shape index (κ3) is 5.02. The molecule has 0 aliphatic rings. The van der Waals surface area contributed by atoms with E-state index < -0.39 is 17.9 Å². The van der Waals surface area contributed by atoms with Crippen molar-refractivity contribution in [3.05, 3.63) is 66.4 Å². The molecular weight excluding hydrogens is 639 g/mol. The molecule has 2 aromatic heterocycles. The smallest absolute Gasteiger partial charge is 0.431 e. The van der Waals surface area contributed by atoms with E-state index in [1.54, 1.807) is 18.2 Å². The van der Waals surface area contributed by atoms with Gasteiger partial charge in [-0.3, -0.25) is 9.59 Å². The molecule has 3 aromatic rings. The molecule has 0 aliphatic heterocycles. The number of carbonyl (C=O) groups is 3. The lowest BCUT2D eigenvalue weighted by Crippen LogP contribution is -2.42. The number of hydrazine groups is 1. The highest BCUT2D eigenvalue weighted by Gasteiger charge is 2.27. The van der Waals surface area contributed by atoms with Crippen LogP contribution in [-0.4, -0.2) is 44.8 Å². The summed E-state index contributed by atoms with van der Waals surface area (Å²) >= 11 is 16.0. The molecule has 0 saturated carbocycles. The summed E-state index contributed by atoms with van der Waals surface area (Å²) in [5.74, 6) is 4.25. The summed E-state index contributed by atoms with van der Waals surface area (Å²) in [5, 5.41) is 7.42. The van der Waals surface area contributed by atoms with Gasteiger partial charge < -0.3 is 10.1 Å². The van der Waals surface area contributed by atoms with E-state index in [2.05, 4.69) is 67.9 Å². The van der Waals surface area contributed by atoms with E-state index in [1.165, 1.54) is 23.0 Å². The average Bonchev–Trinajstić information content (AvgIpc) is 3.15. The molecule has 0 atom stereocenters. The Morgan fingerprint density at radius 1 is 1.22 bits per heavy atom. The fourth-order valence-corrected chi connectivity index (χ4v) is 4.47. The number of amides is 3. The van der Waals surface area contributed by atoms with Crippen molar-refractivity contribution < 1.29 is 19.1 Å². The summed E-state index contributed by atoms with van der Waals surface area (Å²) in [7, 11) is 1.08. The molecule has 2 heterocycles. The van der Waals surface area contributed by atoms with E-state index in [-0.39, 0.29) is 27.8 Å². The Morgan fingerprint density at radius 2 is 1.94 bits per heavy atom. The van der Waals surface area contributed by atoms with Gasteiger partial charge in [0.1, 0.15) is 10.3 Å². The van der Waals surface area contributed by atoms with Crippen molar-refractivity contribution in [3.8, 4) is 5.82 Å². The fraction of sp³-hybridized carbons (Fsp3) is 0.0556. The first-order chi connectivity index (χ1) is 15.1. The van der Waals surface area contributed by atoms with Gasteiger partial charge in [-0.2, -0.15) is 10.1 Å². The molecule has 10 nitrogen and oxygen atoms in total. The minimum absolute atomic E-state index is 0.0681. The van der Waals surface area contributed by atoms with Gasteiger partial charge in [-0.05, 0) is 56.1 Å². The fourth-order valence-electron chi connectivity index (χ4n) is 2.57. The molecule has 0 aliphatic carbocycles. The van der Waals surface area contributed by atoms with E-state index in [1.807, 2.05) is 0 Å². The van der Waals surface area contributed by atoms with Gasteiger partial charge in [-0.15, -0.1) is 0 Å². The number of imide groups is 1. The van der Waals surface area contributed by atoms with Crippen LogP contribution in [0, 0.1) is 0 Å². The molecule has 1 aromatic carbocycles. The van der Waals surface area contributed by atoms with Crippen LogP contribution < -0.4 is 11.2 Å². The van der Waals surface area contributed by atoms with Crippen LogP contribution in [0.2, 0.25) is 5.02 Å². The van der Waals surface area contributed by atoms with Crippen LogP contribution in [0.25, 0.3) is 5.82 Å². The number of carbonyl (C=O) groups excluding carboxylic acids is 3. The molecular formula is C18H12Br3ClN6O4. The molecule has 0 bridgehead atoms. The van der Waals surface area contributed by atoms with Crippen LogP contribution in [0.3, 0.4) is 0 Å². The highest BCUT2D eigenvalue weighted by molar-refractivity contribution is 9.11. The first kappa shape index (κ1) is 24.3. The van der Waals surface area contributed by atoms with Crippen molar-refractivity contribution in [2.45, 2.75) is 0 Å². The van der Waals surface area contributed by atoms with E-state index in [0.29, 0.717) is 18.6 Å². The molecule has 0 fully saturated rings. The van der Waals surface area contributed by atoms with Gasteiger partial charge >= 0.3 is 6.09 Å². The van der Waals surface area contributed by atoms with Crippen LogP contribution in [0.5, 0.6) is 0 Å². The summed E-state index contributed by atoms with van der Waals surface area (Å²) in [5.41, 5.74) is 0.0651. The second kappa shape index (κ2) is 10.1. The number of methoxy groups -OCH3 is 1. The van der Waals surface area contributed by atoms with Crippen LogP contribution in [0.4, 0.5) is 10.5 Å². The molecule has 3 rings (SSSR count). The largest absolute Gasteiger partial charge is 0.451 e. The van der Waals surface area contributed by atoms with Crippen molar-refractivity contribution in [1.29, 1.82) is 0 Å². The second-order valence-corrected chi connectivity index (χ2v) is 8.97. The third-order valence-electron chi connectivity index (χ3n) is 3.97. The Bertz CT molecular complexity index is 1240. The van der Waals surface area contributed by atoms with Gasteiger partial charge in [0.05, 0.1) is 23.4 Å². The molecule has 0 saturated heterocycles. The van der Waals surface area contributed by atoms with Crippen molar-refractivity contribution >= 4 is 83.0 Å². The van der Waals surface area contributed by atoms with Crippen molar-refractivity contribution in [3.63, 3.8) is 0 Å². The summed E-state index contributed by atoms with van der Waals surface area (Å²) < 4.78 is 6.93. The molecule has 0 unspecified atom stereocenters. The Balaban J connectivity index is 2.04. The lowest BCUT2D eigenvalue weighted by molar-refractivity contribution is 0.0707. The summed E-state index contributed by atoms with van der Waals surface area (Å²) in [6.07, 6.45) is 0.429. The zero-order valence-electron chi connectivity index (χ0n) is 16.0. The van der Waals surface area contributed by atoms with Gasteiger partial charge in [-0.25, -0.2) is 20.3 Å². The first-order valence-electron chi connectivity index (χ1n) is 8.48. The van der Waals surface area contributed by atoms with Gasteiger partial charge in [-0.1, -0.05) is 27.5 Å². The first-order valence-corrected chi connectivity index (χ1v) is 11.2. The Hall–Kier alpha value is -2.32. The Kier molecular flexibility index (Phi) is 7.67. The van der Waals surface area contributed by atoms with Gasteiger partial charge in [0, 0.05) is 21.2 Å². The maximum Gasteiger partial charge on any atom is 0.431 e. The standard InChI is InChI=1S/C18H12Br3ClN6O4/c1-32-18(31)27(23)17(30)9-5-8(19)6-10(20)14(9)25-16(29)12-7-13(21)26-28(12)15-11(22)3-2-4-24-15/h2-7H,23H2,1H3,(H,25,29). The predicted octanol–water partition coefficient (Wildman–Crippen LogP) is 4.54. The summed E-state index contributed by atoms with van der Waals surface area (Å²) in [6.45, 7) is 0.